The van der Waals surface area contributed by atoms with Crippen LogP contribution in [0.4, 0.5) is 5.69 Å². The summed E-state index contributed by atoms with van der Waals surface area (Å²) in [6, 6.07) is 18.7. The number of esters is 3. The van der Waals surface area contributed by atoms with Crippen LogP contribution in [0.2, 0.25) is 0 Å². The zero-order chi connectivity index (χ0) is 26.8. The summed E-state index contributed by atoms with van der Waals surface area (Å²) in [7, 11) is 0. The molecule has 2 aromatic carbocycles. The molecule has 3 aliphatic heterocycles. The zero-order valence-corrected chi connectivity index (χ0v) is 20.9. The first-order valence-electron chi connectivity index (χ1n) is 12.8. The normalized spacial score (nSPS) is 26.4. The molecule has 200 valence electrons. The van der Waals surface area contributed by atoms with Gasteiger partial charge < -0.3 is 29.1 Å². The molecule has 2 bridgehead atoms. The summed E-state index contributed by atoms with van der Waals surface area (Å²) in [4.78, 5) is 55.7. The largest absolute Gasteiger partial charge is 0.457 e. The van der Waals surface area contributed by atoms with Crippen molar-refractivity contribution in [1.82, 2.24) is 4.90 Å². The number of para-hydroxylation sites is 1. The molecular formula is C28H30N2O8. The van der Waals surface area contributed by atoms with Crippen molar-refractivity contribution in [3.05, 3.63) is 66.2 Å². The van der Waals surface area contributed by atoms with E-state index in [2.05, 4.69) is 17.0 Å². The number of piperidine rings is 1. The van der Waals surface area contributed by atoms with Crippen LogP contribution in [0.15, 0.2) is 60.7 Å². The molecule has 5 rings (SSSR count). The molecule has 3 fully saturated rings. The number of aliphatic hydroxyl groups is 1. The number of cyclic esters (lactones) is 1. The van der Waals surface area contributed by atoms with Crippen LogP contribution < -0.4 is 4.90 Å². The van der Waals surface area contributed by atoms with E-state index in [1.807, 2.05) is 18.2 Å². The van der Waals surface area contributed by atoms with Gasteiger partial charge in [-0.2, -0.15) is 0 Å². The lowest BCUT2D eigenvalue weighted by atomic mass is 9.95. The molecule has 0 aromatic heterocycles. The van der Waals surface area contributed by atoms with Gasteiger partial charge in [-0.25, -0.2) is 4.79 Å². The Morgan fingerprint density at radius 2 is 1.55 bits per heavy atom. The van der Waals surface area contributed by atoms with Gasteiger partial charge in [0.15, 0.2) is 12.2 Å². The number of amides is 1. The number of rotatable bonds is 6. The second-order valence-corrected chi connectivity index (χ2v) is 9.98. The van der Waals surface area contributed by atoms with Crippen molar-refractivity contribution in [2.75, 3.05) is 31.1 Å². The second kappa shape index (κ2) is 10.5. The van der Waals surface area contributed by atoms with E-state index in [4.69, 9.17) is 14.2 Å². The Kier molecular flexibility index (Phi) is 7.18. The standard InChI is InChI=1S/C28H30N2O8/c31-23-17-27(35)18-24(32)37-28(19-36-23,38-26(27)34)25(33)30(21-9-5-2-6-10-21)22-12-15-29(16-13-22)14-11-20-7-3-1-4-8-20/h1-10,22,35H,11-19H2. The number of hydrogen-bond acceptors (Lipinski definition) is 9. The highest BCUT2D eigenvalue weighted by Gasteiger charge is 2.60. The first-order chi connectivity index (χ1) is 18.3. The van der Waals surface area contributed by atoms with Crippen LogP contribution in [0.5, 0.6) is 0 Å². The SMILES string of the molecule is O=C1CC2(O)CC(=O)OC(C(=O)N(c3ccccc3)C3CCN(CCc4ccccc4)CC3)(CO1)OC2=O. The fraction of sp³-hybridized carbons (Fsp3) is 0.429. The Morgan fingerprint density at radius 3 is 2.24 bits per heavy atom. The molecule has 1 amide bonds. The average molecular weight is 523 g/mol. The first-order valence-corrected chi connectivity index (χ1v) is 12.8. The maximum Gasteiger partial charge on any atom is 0.372 e. The van der Waals surface area contributed by atoms with Crippen molar-refractivity contribution >= 4 is 29.5 Å². The Hall–Kier alpha value is -3.76. The van der Waals surface area contributed by atoms with Gasteiger partial charge in [-0.15, -0.1) is 0 Å². The van der Waals surface area contributed by atoms with E-state index in [0.29, 0.717) is 18.5 Å². The maximum absolute atomic E-state index is 14.2. The first kappa shape index (κ1) is 25.9. The number of carbonyl (C=O) groups excluding carboxylic acids is 4. The predicted molar refractivity (Wildman–Crippen MR) is 134 cm³/mol. The third kappa shape index (κ3) is 5.27. The highest BCUT2D eigenvalue weighted by Crippen LogP contribution is 2.35. The van der Waals surface area contributed by atoms with E-state index in [9.17, 15) is 24.3 Å². The molecule has 2 aromatic rings. The van der Waals surface area contributed by atoms with Crippen LogP contribution in [-0.4, -0.2) is 77.5 Å². The van der Waals surface area contributed by atoms with E-state index < -0.39 is 54.7 Å². The average Bonchev–Trinajstić information content (AvgIpc) is 2.97. The number of benzene rings is 2. The highest BCUT2D eigenvalue weighted by molar-refractivity contribution is 6.04. The molecule has 3 aliphatic rings. The number of fused-ring (bicyclic) bond motifs is 3. The maximum atomic E-state index is 14.2. The van der Waals surface area contributed by atoms with Crippen molar-refractivity contribution < 1.29 is 38.5 Å². The van der Waals surface area contributed by atoms with Gasteiger partial charge >= 0.3 is 29.6 Å². The van der Waals surface area contributed by atoms with Gasteiger partial charge in [0.05, 0.1) is 12.8 Å². The highest BCUT2D eigenvalue weighted by atomic mass is 16.8. The van der Waals surface area contributed by atoms with E-state index in [1.165, 1.54) is 10.5 Å². The molecular weight excluding hydrogens is 492 g/mol. The van der Waals surface area contributed by atoms with E-state index in [1.54, 1.807) is 30.3 Å². The Labute approximate surface area is 220 Å². The van der Waals surface area contributed by atoms with Crippen molar-refractivity contribution in [3.8, 4) is 0 Å². The third-order valence-corrected chi connectivity index (χ3v) is 7.27. The monoisotopic (exact) mass is 522 g/mol. The summed E-state index contributed by atoms with van der Waals surface area (Å²) in [6.45, 7) is 1.55. The number of hydrogen-bond donors (Lipinski definition) is 1. The summed E-state index contributed by atoms with van der Waals surface area (Å²) >= 11 is 0. The molecule has 0 aliphatic carbocycles. The molecule has 1 N–H and O–H groups in total. The molecule has 38 heavy (non-hydrogen) atoms. The Morgan fingerprint density at radius 1 is 0.921 bits per heavy atom. The number of likely N-dealkylation sites (tertiary alicyclic amines) is 1. The molecule has 0 saturated carbocycles. The van der Waals surface area contributed by atoms with Crippen molar-refractivity contribution in [3.63, 3.8) is 0 Å². The molecule has 3 saturated heterocycles. The van der Waals surface area contributed by atoms with Crippen LogP contribution in [-0.2, 0) is 39.8 Å². The van der Waals surface area contributed by atoms with Crippen LogP contribution in [0.25, 0.3) is 0 Å². The topological polar surface area (TPSA) is 123 Å². The van der Waals surface area contributed by atoms with Crippen molar-refractivity contribution in [2.45, 2.75) is 49.5 Å². The summed E-state index contributed by atoms with van der Waals surface area (Å²) in [5, 5.41) is 10.7. The minimum Gasteiger partial charge on any atom is -0.457 e. The summed E-state index contributed by atoms with van der Waals surface area (Å²) in [5.74, 6) is -6.61. The predicted octanol–water partition coefficient (Wildman–Crippen LogP) is 1.59. The number of carbonyl (C=O) groups is 4. The van der Waals surface area contributed by atoms with E-state index in [0.717, 1.165) is 26.1 Å². The summed E-state index contributed by atoms with van der Waals surface area (Å²) in [6.07, 6.45) is 0.570. The smallest absolute Gasteiger partial charge is 0.372 e. The summed E-state index contributed by atoms with van der Waals surface area (Å²) < 4.78 is 15.9. The van der Waals surface area contributed by atoms with Gasteiger partial charge in [0.1, 0.15) is 0 Å². The van der Waals surface area contributed by atoms with Gasteiger partial charge in [0.25, 0.3) is 0 Å². The fourth-order valence-corrected chi connectivity index (χ4v) is 5.20. The number of anilines is 1. The van der Waals surface area contributed by atoms with Crippen LogP contribution in [0, 0.1) is 0 Å². The lowest BCUT2D eigenvalue weighted by molar-refractivity contribution is -0.241. The third-order valence-electron chi connectivity index (χ3n) is 7.27. The van der Waals surface area contributed by atoms with Gasteiger partial charge in [-0.05, 0) is 37.0 Å². The Bertz CT molecular complexity index is 1200. The molecule has 10 heteroatoms. The zero-order valence-electron chi connectivity index (χ0n) is 20.9. The van der Waals surface area contributed by atoms with E-state index >= 15 is 0 Å². The Balaban J connectivity index is 1.39. The van der Waals surface area contributed by atoms with E-state index in [-0.39, 0.29) is 6.04 Å². The fourth-order valence-electron chi connectivity index (χ4n) is 5.20. The molecule has 3 heterocycles. The quantitative estimate of drug-likeness (QED) is 0.564. The molecule has 0 radical (unpaired) electrons. The van der Waals surface area contributed by atoms with Gasteiger partial charge in [-0.3, -0.25) is 14.4 Å². The van der Waals surface area contributed by atoms with Gasteiger partial charge in [-0.1, -0.05) is 48.5 Å². The molecule has 10 nitrogen and oxygen atoms in total. The van der Waals surface area contributed by atoms with Gasteiger partial charge in [0.2, 0.25) is 0 Å². The lowest BCUT2D eigenvalue weighted by Crippen LogP contribution is -2.61. The van der Waals surface area contributed by atoms with Crippen molar-refractivity contribution in [2.24, 2.45) is 0 Å². The van der Waals surface area contributed by atoms with Gasteiger partial charge in [0, 0.05) is 31.4 Å². The second-order valence-electron chi connectivity index (χ2n) is 9.98. The van der Waals surface area contributed by atoms with Crippen LogP contribution in [0.3, 0.4) is 0 Å². The molecule has 2 unspecified atom stereocenters. The summed E-state index contributed by atoms with van der Waals surface area (Å²) in [5.41, 5.74) is -0.682. The number of ether oxygens (including phenoxy) is 3. The van der Waals surface area contributed by atoms with Crippen LogP contribution >= 0.6 is 0 Å². The van der Waals surface area contributed by atoms with Crippen LogP contribution in [0.1, 0.15) is 31.2 Å². The lowest BCUT2D eigenvalue weighted by Gasteiger charge is -2.42. The molecule has 0 spiro atoms. The minimum atomic E-state index is -2.53. The number of nitrogens with zero attached hydrogens (tertiary/aromatic N) is 2. The minimum absolute atomic E-state index is 0.298. The van der Waals surface area contributed by atoms with Crippen molar-refractivity contribution in [1.29, 1.82) is 0 Å². The molecule has 2 atom stereocenters.